The number of hydrogen-bond acceptors (Lipinski definition) is 3. The molecule has 2 amide bonds. The summed E-state index contributed by atoms with van der Waals surface area (Å²) in [5.74, 6) is -1.00. The van der Waals surface area contributed by atoms with Crippen molar-refractivity contribution in [3.05, 3.63) is 0 Å². The number of carboxylic acids is 1. The molecule has 1 rings (SSSR count). The van der Waals surface area contributed by atoms with E-state index in [2.05, 4.69) is 5.32 Å². The number of thioether (sulfide) groups is 1. The molecule has 116 valence electrons. The van der Waals surface area contributed by atoms with Gasteiger partial charge < -0.3 is 15.3 Å². The van der Waals surface area contributed by atoms with Crippen LogP contribution in [0, 0.1) is 5.92 Å². The summed E-state index contributed by atoms with van der Waals surface area (Å²) in [5.41, 5.74) is -4.28. The van der Waals surface area contributed by atoms with Gasteiger partial charge in [-0.25, -0.2) is 4.79 Å². The van der Waals surface area contributed by atoms with E-state index in [4.69, 9.17) is 5.11 Å². The third-order valence-electron chi connectivity index (χ3n) is 3.01. The molecule has 1 aliphatic heterocycles. The molecule has 2 N–H and O–H groups in total. The van der Waals surface area contributed by atoms with E-state index in [1.165, 1.54) is 4.90 Å². The Morgan fingerprint density at radius 3 is 2.40 bits per heavy atom. The van der Waals surface area contributed by atoms with Crippen LogP contribution in [0.3, 0.4) is 0 Å². The monoisotopic (exact) mass is 314 g/mol. The SMILES string of the molecule is O=C(O)CC1CCN(C(=O)NCCSC(F)(F)F)CC1. The quantitative estimate of drug-likeness (QED) is 0.763. The van der Waals surface area contributed by atoms with Crippen molar-refractivity contribution in [3.63, 3.8) is 0 Å². The molecule has 1 heterocycles. The Kier molecular flexibility index (Phi) is 6.44. The van der Waals surface area contributed by atoms with Crippen molar-refractivity contribution in [3.8, 4) is 0 Å². The van der Waals surface area contributed by atoms with Gasteiger partial charge in [0.05, 0.1) is 0 Å². The van der Waals surface area contributed by atoms with Crippen LogP contribution < -0.4 is 5.32 Å². The van der Waals surface area contributed by atoms with Crippen LogP contribution in [0.4, 0.5) is 18.0 Å². The maximum absolute atomic E-state index is 11.9. The Hall–Kier alpha value is -1.12. The molecule has 9 heteroatoms. The molecule has 20 heavy (non-hydrogen) atoms. The molecular formula is C11H17F3N2O3S. The van der Waals surface area contributed by atoms with Crippen molar-refractivity contribution in [2.24, 2.45) is 5.92 Å². The third-order valence-corrected chi connectivity index (χ3v) is 3.74. The first kappa shape index (κ1) is 16.9. The number of piperidine rings is 1. The number of rotatable bonds is 5. The fraction of sp³-hybridized carbons (Fsp3) is 0.818. The Balaban J connectivity index is 2.18. The Morgan fingerprint density at radius 1 is 1.30 bits per heavy atom. The van der Waals surface area contributed by atoms with Crippen molar-refractivity contribution in [2.75, 3.05) is 25.4 Å². The molecule has 0 radical (unpaired) electrons. The van der Waals surface area contributed by atoms with E-state index < -0.39 is 11.5 Å². The van der Waals surface area contributed by atoms with Gasteiger partial charge in [0, 0.05) is 31.8 Å². The van der Waals surface area contributed by atoms with Crippen LogP contribution >= 0.6 is 11.8 Å². The first-order valence-corrected chi connectivity index (χ1v) is 7.22. The minimum absolute atomic E-state index is 0.0436. The molecule has 1 fully saturated rings. The average Bonchev–Trinajstić information content (AvgIpc) is 2.33. The standard InChI is InChI=1S/C11H17F3N2O3S/c12-11(13,14)20-6-3-15-10(19)16-4-1-8(2-5-16)7-9(17)18/h8H,1-7H2,(H,15,19)(H,17,18). The van der Waals surface area contributed by atoms with Crippen molar-refractivity contribution < 1.29 is 27.9 Å². The zero-order valence-electron chi connectivity index (χ0n) is 10.8. The molecule has 0 bridgehead atoms. The lowest BCUT2D eigenvalue weighted by molar-refractivity contribution is -0.138. The summed E-state index contributed by atoms with van der Waals surface area (Å²) in [6.07, 6.45) is 1.31. The molecule has 1 aliphatic rings. The maximum Gasteiger partial charge on any atom is 0.441 e. The Labute approximate surface area is 118 Å². The third kappa shape index (κ3) is 6.88. The van der Waals surface area contributed by atoms with E-state index in [0.29, 0.717) is 25.9 Å². The second kappa shape index (κ2) is 7.61. The number of urea groups is 1. The van der Waals surface area contributed by atoms with Crippen molar-refractivity contribution >= 4 is 23.8 Å². The number of nitrogens with zero attached hydrogens (tertiary/aromatic N) is 1. The zero-order valence-corrected chi connectivity index (χ0v) is 11.6. The average molecular weight is 314 g/mol. The normalized spacial score (nSPS) is 17.1. The molecule has 0 unspecified atom stereocenters. The first-order valence-electron chi connectivity index (χ1n) is 6.23. The number of nitrogens with one attached hydrogen (secondary N) is 1. The fourth-order valence-electron chi connectivity index (χ4n) is 2.02. The zero-order chi connectivity index (χ0) is 15.2. The van der Waals surface area contributed by atoms with Gasteiger partial charge in [0.2, 0.25) is 0 Å². The maximum atomic E-state index is 11.9. The number of alkyl halides is 3. The van der Waals surface area contributed by atoms with Gasteiger partial charge in [-0.05, 0) is 30.5 Å². The molecule has 0 aromatic heterocycles. The molecule has 0 aliphatic carbocycles. The molecule has 0 spiro atoms. The van der Waals surface area contributed by atoms with Crippen LogP contribution in [0.15, 0.2) is 0 Å². The van der Waals surface area contributed by atoms with E-state index in [-0.39, 0.29) is 42.4 Å². The highest BCUT2D eigenvalue weighted by Crippen LogP contribution is 2.29. The van der Waals surface area contributed by atoms with Crippen molar-refractivity contribution in [1.82, 2.24) is 10.2 Å². The number of hydrogen-bond donors (Lipinski definition) is 2. The molecule has 0 aromatic carbocycles. The minimum atomic E-state index is -4.28. The van der Waals surface area contributed by atoms with Gasteiger partial charge in [-0.1, -0.05) is 0 Å². The van der Waals surface area contributed by atoms with Gasteiger partial charge in [-0.15, -0.1) is 0 Å². The number of carbonyl (C=O) groups excluding carboxylic acids is 1. The highest BCUT2D eigenvalue weighted by atomic mass is 32.2. The lowest BCUT2D eigenvalue weighted by Gasteiger charge is -2.31. The predicted molar refractivity (Wildman–Crippen MR) is 68.5 cm³/mol. The minimum Gasteiger partial charge on any atom is -0.481 e. The summed E-state index contributed by atoms with van der Waals surface area (Å²) < 4.78 is 35.6. The smallest absolute Gasteiger partial charge is 0.441 e. The molecule has 0 saturated carbocycles. The van der Waals surface area contributed by atoms with Crippen LogP contribution in [-0.4, -0.2) is 52.9 Å². The summed E-state index contributed by atoms with van der Waals surface area (Å²) in [6.45, 7) is 0.838. The summed E-state index contributed by atoms with van der Waals surface area (Å²) in [4.78, 5) is 23.7. The lowest BCUT2D eigenvalue weighted by atomic mass is 9.94. The van der Waals surface area contributed by atoms with Gasteiger partial charge >= 0.3 is 17.5 Å². The van der Waals surface area contributed by atoms with E-state index >= 15 is 0 Å². The Bertz CT molecular complexity index is 344. The number of halogens is 3. The van der Waals surface area contributed by atoms with E-state index in [9.17, 15) is 22.8 Å². The number of carboxylic acid groups (broad SMARTS) is 1. The number of carbonyl (C=O) groups is 2. The van der Waals surface area contributed by atoms with Crippen molar-refractivity contribution in [2.45, 2.75) is 24.8 Å². The van der Waals surface area contributed by atoms with Crippen LogP contribution in [0.5, 0.6) is 0 Å². The van der Waals surface area contributed by atoms with Crippen LogP contribution in [0.1, 0.15) is 19.3 Å². The molecule has 5 nitrogen and oxygen atoms in total. The van der Waals surface area contributed by atoms with Gasteiger partial charge in [-0.3, -0.25) is 4.79 Å². The van der Waals surface area contributed by atoms with Gasteiger partial charge in [0.15, 0.2) is 0 Å². The van der Waals surface area contributed by atoms with Crippen LogP contribution in [-0.2, 0) is 4.79 Å². The number of aliphatic carboxylic acids is 1. The lowest BCUT2D eigenvalue weighted by Crippen LogP contribution is -2.45. The summed E-state index contributed by atoms with van der Waals surface area (Å²) in [7, 11) is 0. The number of likely N-dealkylation sites (tertiary alicyclic amines) is 1. The van der Waals surface area contributed by atoms with E-state index in [1.807, 2.05) is 0 Å². The predicted octanol–water partition coefficient (Wildman–Crippen LogP) is 2.14. The topological polar surface area (TPSA) is 69.6 Å². The molecule has 1 saturated heterocycles. The largest absolute Gasteiger partial charge is 0.481 e. The van der Waals surface area contributed by atoms with Gasteiger partial charge in [-0.2, -0.15) is 13.2 Å². The van der Waals surface area contributed by atoms with Crippen LogP contribution in [0.2, 0.25) is 0 Å². The van der Waals surface area contributed by atoms with Crippen LogP contribution in [0.25, 0.3) is 0 Å². The fourth-order valence-corrected chi connectivity index (χ4v) is 2.46. The second-order valence-electron chi connectivity index (χ2n) is 4.55. The molecule has 0 atom stereocenters. The molecular weight excluding hydrogens is 297 g/mol. The number of amides is 2. The highest BCUT2D eigenvalue weighted by molar-refractivity contribution is 8.00. The van der Waals surface area contributed by atoms with Gasteiger partial charge in [0.25, 0.3) is 0 Å². The summed E-state index contributed by atoms with van der Waals surface area (Å²) >= 11 is -0.169. The van der Waals surface area contributed by atoms with E-state index in [1.54, 1.807) is 0 Å². The summed E-state index contributed by atoms with van der Waals surface area (Å²) in [6, 6.07) is -0.387. The first-order chi connectivity index (χ1) is 9.28. The van der Waals surface area contributed by atoms with Crippen molar-refractivity contribution in [1.29, 1.82) is 0 Å². The highest BCUT2D eigenvalue weighted by Gasteiger charge is 2.28. The summed E-state index contributed by atoms with van der Waals surface area (Å²) in [5, 5.41) is 11.1. The van der Waals surface area contributed by atoms with E-state index in [0.717, 1.165) is 0 Å². The van der Waals surface area contributed by atoms with Gasteiger partial charge in [0.1, 0.15) is 0 Å². The Morgan fingerprint density at radius 2 is 1.90 bits per heavy atom. The molecule has 0 aromatic rings. The second-order valence-corrected chi connectivity index (χ2v) is 5.71.